The number of ether oxygens (including phenoxy) is 2. The van der Waals surface area contributed by atoms with Crippen LogP contribution in [0.25, 0.3) is 0 Å². The number of aromatic nitrogens is 1. The number of methoxy groups -OCH3 is 2. The molecule has 0 aliphatic carbocycles. The SMILES string of the molecule is COC(=O)Cc1ncc(C(F)F)c(OC)c1C#N. The fraction of sp³-hybridized carbons (Fsp3) is 0.364. The van der Waals surface area contributed by atoms with Crippen molar-refractivity contribution in [1.29, 1.82) is 5.26 Å². The standard InChI is InChI=1S/C11H10F2N2O3/c1-17-9(16)3-8-6(4-14)10(18-2)7(5-15-8)11(12)13/h5,11H,3H2,1-2H3. The molecule has 1 aromatic heterocycles. The van der Waals surface area contributed by atoms with Crippen molar-refractivity contribution in [2.75, 3.05) is 14.2 Å². The molecule has 5 nitrogen and oxygen atoms in total. The molecule has 0 aromatic carbocycles. The van der Waals surface area contributed by atoms with Gasteiger partial charge in [-0.1, -0.05) is 0 Å². The lowest BCUT2D eigenvalue weighted by molar-refractivity contribution is -0.139. The van der Waals surface area contributed by atoms with Crippen LogP contribution in [0.2, 0.25) is 0 Å². The van der Waals surface area contributed by atoms with Gasteiger partial charge in [0, 0.05) is 6.20 Å². The summed E-state index contributed by atoms with van der Waals surface area (Å²) in [6, 6.07) is 1.71. The number of hydrogen-bond acceptors (Lipinski definition) is 5. The zero-order chi connectivity index (χ0) is 13.7. The largest absolute Gasteiger partial charge is 0.495 e. The van der Waals surface area contributed by atoms with Crippen LogP contribution in [0.4, 0.5) is 8.78 Å². The van der Waals surface area contributed by atoms with Gasteiger partial charge in [0.05, 0.1) is 31.9 Å². The molecule has 0 aliphatic rings. The van der Waals surface area contributed by atoms with E-state index in [1.807, 2.05) is 0 Å². The first-order valence-corrected chi connectivity index (χ1v) is 4.86. The Kier molecular flexibility index (Phi) is 4.54. The maximum Gasteiger partial charge on any atom is 0.311 e. The molecule has 0 radical (unpaired) electrons. The molecule has 0 bridgehead atoms. The van der Waals surface area contributed by atoms with Crippen LogP contribution in [0.5, 0.6) is 5.75 Å². The topological polar surface area (TPSA) is 72.2 Å². The Morgan fingerprint density at radius 3 is 2.67 bits per heavy atom. The fourth-order valence-corrected chi connectivity index (χ4v) is 1.38. The number of nitrogens with zero attached hydrogens (tertiary/aromatic N) is 2. The second-order valence-electron chi connectivity index (χ2n) is 3.23. The van der Waals surface area contributed by atoms with Gasteiger partial charge >= 0.3 is 5.97 Å². The van der Waals surface area contributed by atoms with Crippen molar-refractivity contribution >= 4 is 5.97 Å². The highest BCUT2D eigenvalue weighted by Crippen LogP contribution is 2.32. The number of rotatable bonds is 4. The van der Waals surface area contributed by atoms with Crippen LogP contribution in [0.3, 0.4) is 0 Å². The summed E-state index contributed by atoms with van der Waals surface area (Å²) in [5, 5.41) is 8.96. The molecule has 1 heterocycles. The van der Waals surface area contributed by atoms with Gasteiger partial charge in [-0.15, -0.1) is 0 Å². The number of alkyl halides is 2. The summed E-state index contributed by atoms with van der Waals surface area (Å²) in [6.07, 6.45) is -2.20. The number of carbonyl (C=O) groups is 1. The molecule has 1 aromatic rings. The minimum absolute atomic E-state index is 0.0469. The fourth-order valence-electron chi connectivity index (χ4n) is 1.38. The second-order valence-corrected chi connectivity index (χ2v) is 3.23. The Morgan fingerprint density at radius 1 is 1.56 bits per heavy atom. The maximum atomic E-state index is 12.7. The van der Waals surface area contributed by atoms with Crippen LogP contribution in [0.1, 0.15) is 23.2 Å². The molecular formula is C11H10F2N2O3. The minimum Gasteiger partial charge on any atom is -0.495 e. The number of halogens is 2. The van der Waals surface area contributed by atoms with E-state index in [-0.39, 0.29) is 23.4 Å². The molecule has 1 rings (SSSR count). The van der Waals surface area contributed by atoms with Crippen LogP contribution in [0.15, 0.2) is 6.20 Å². The Labute approximate surface area is 102 Å². The molecule has 0 saturated carbocycles. The molecule has 0 amide bonds. The average Bonchev–Trinajstić information content (AvgIpc) is 2.37. The van der Waals surface area contributed by atoms with Crippen molar-refractivity contribution < 1.29 is 23.0 Å². The van der Waals surface area contributed by atoms with E-state index in [1.165, 1.54) is 14.2 Å². The van der Waals surface area contributed by atoms with Crippen molar-refractivity contribution in [1.82, 2.24) is 4.98 Å². The Hall–Kier alpha value is -2.23. The highest BCUT2D eigenvalue weighted by atomic mass is 19.3. The first-order valence-electron chi connectivity index (χ1n) is 4.86. The lowest BCUT2D eigenvalue weighted by Crippen LogP contribution is -2.10. The van der Waals surface area contributed by atoms with Gasteiger partial charge in [-0.3, -0.25) is 9.78 Å². The molecule has 0 saturated heterocycles. The Bertz CT molecular complexity index is 498. The molecule has 0 aliphatic heterocycles. The van der Waals surface area contributed by atoms with Gasteiger partial charge in [0.1, 0.15) is 17.4 Å². The van der Waals surface area contributed by atoms with E-state index >= 15 is 0 Å². The van der Waals surface area contributed by atoms with E-state index in [4.69, 9.17) is 10.00 Å². The van der Waals surface area contributed by atoms with E-state index in [0.29, 0.717) is 0 Å². The van der Waals surface area contributed by atoms with Gasteiger partial charge < -0.3 is 9.47 Å². The van der Waals surface area contributed by atoms with E-state index in [9.17, 15) is 13.6 Å². The monoisotopic (exact) mass is 256 g/mol. The predicted molar refractivity (Wildman–Crippen MR) is 56.2 cm³/mol. The first kappa shape index (κ1) is 13.8. The molecule has 18 heavy (non-hydrogen) atoms. The smallest absolute Gasteiger partial charge is 0.311 e. The zero-order valence-electron chi connectivity index (χ0n) is 9.74. The summed E-state index contributed by atoms with van der Waals surface area (Å²) in [5.41, 5.74) is -0.617. The third-order valence-electron chi connectivity index (χ3n) is 2.23. The van der Waals surface area contributed by atoms with Crippen LogP contribution in [0, 0.1) is 11.3 Å². The summed E-state index contributed by atoms with van der Waals surface area (Å²) in [5.74, 6) is -0.882. The predicted octanol–water partition coefficient (Wildman–Crippen LogP) is 1.61. The number of esters is 1. The van der Waals surface area contributed by atoms with E-state index in [2.05, 4.69) is 9.72 Å². The molecule has 0 fully saturated rings. The number of nitriles is 1. The summed E-state index contributed by atoms with van der Waals surface area (Å²) >= 11 is 0. The third-order valence-corrected chi connectivity index (χ3v) is 2.23. The van der Waals surface area contributed by atoms with E-state index in [1.54, 1.807) is 6.07 Å². The number of hydrogen-bond donors (Lipinski definition) is 0. The van der Waals surface area contributed by atoms with Gasteiger partial charge in [0.15, 0.2) is 0 Å². The Morgan fingerprint density at radius 2 is 2.22 bits per heavy atom. The van der Waals surface area contributed by atoms with Crippen LogP contribution < -0.4 is 4.74 Å². The average molecular weight is 256 g/mol. The minimum atomic E-state index is -2.81. The molecule has 0 spiro atoms. The summed E-state index contributed by atoms with van der Waals surface area (Å²) in [7, 11) is 2.35. The van der Waals surface area contributed by atoms with Gasteiger partial charge in [-0.05, 0) is 0 Å². The normalized spacial score (nSPS) is 10.0. The third kappa shape index (κ3) is 2.71. The highest BCUT2D eigenvalue weighted by molar-refractivity contribution is 5.73. The lowest BCUT2D eigenvalue weighted by atomic mass is 10.1. The van der Waals surface area contributed by atoms with Crippen molar-refractivity contribution in [3.63, 3.8) is 0 Å². The van der Waals surface area contributed by atoms with Crippen molar-refractivity contribution in [3.8, 4) is 11.8 Å². The molecule has 96 valence electrons. The summed E-state index contributed by atoms with van der Waals surface area (Å²) in [6.45, 7) is 0. The molecule has 0 atom stereocenters. The summed E-state index contributed by atoms with van der Waals surface area (Å²) in [4.78, 5) is 14.8. The molecule has 7 heteroatoms. The van der Waals surface area contributed by atoms with Crippen LogP contribution in [-0.4, -0.2) is 25.2 Å². The van der Waals surface area contributed by atoms with Crippen molar-refractivity contribution in [3.05, 3.63) is 23.0 Å². The summed E-state index contributed by atoms with van der Waals surface area (Å²) < 4.78 is 34.6. The quantitative estimate of drug-likeness (QED) is 0.765. The van der Waals surface area contributed by atoms with Gasteiger partial charge in [0.2, 0.25) is 0 Å². The lowest BCUT2D eigenvalue weighted by Gasteiger charge is -2.11. The van der Waals surface area contributed by atoms with Gasteiger partial charge in [-0.25, -0.2) is 8.78 Å². The highest BCUT2D eigenvalue weighted by Gasteiger charge is 2.22. The van der Waals surface area contributed by atoms with Crippen molar-refractivity contribution in [2.24, 2.45) is 0 Å². The number of carbonyl (C=O) groups excluding carboxylic acids is 1. The second kappa shape index (κ2) is 5.91. The van der Waals surface area contributed by atoms with Gasteiger partial charge in [-0.2, -0.15) is 5.26 Å². The first-order chi connectivity index (χ1) is 8.54. The Balaban J connectivity index is 3.31. The van der Waals surface area contributed by atoms with Crippen LogP contribution >= 0.6 is 0 Å². The maximum absolute atomic E-state index is 12.7. The van der Waals surface area contributed by atoms with Crippen molar-refractivity contribution in [2.45, 2.75) is 12.8 Å². The van der Waals surface area contributed by atoms with Gasteiger partial charge in [0.25, 0.3) is 6.43 Å². The van der Waals surface area contributed by atoms with E-state index in [0.717, 1.165) is 6.20 Å². The number of pyridine rings is 1. The zero-order valence-corrected chi connectivity index (χ0v) is 9.74. The molecule has 0 N–H and O–H groups in total. The van der Waals surface area contributed by atoms with E-state index < -0.39 is 18.0 Å². The molecule has 0 unspecified atom stereocenters. The van der Waals surface area contributed by atoms with Crippen LogP contribution in [-0.2, 0) is 16.0 Å². The molecular weight excluding hydrogens is 246 g/mol.